The Balaban J connectivity index is 0.000000618. The van der Waals surface area contributed by atoms with E-state index in [0.717, 1.165) is 30.6 Å². The summed E-state index contributed by atoms with van der Waals surface area (Å²) < 4.78 is 5.93. The second-order valence-corrected chi connectivity index (χ2v) is 13.2. The van der Waals surface area contributed by atoms with E-state index in [1.165, 1.54) is 6.42 Å². The standard InChI is InChI=1S/C25H37N5O3.C10H15NO.C3H8.C2H6/c1-6-8-20(26)29-19-13-27-15(2)30-14-18(22(31)25(19,30)5)28-23(32)16-9-7-10-17-21(16)33-12-11-24(17,3)4;1-4-6-7-8-9(5-2)10(12)11-3;1-3-2;1-2/h7,9-10,18-19,22,27,31H,2,6,8,11-14H2,1,3-5H3,(H2,26,29)(H,28,32);4-8H,1-3H3,(H,11,12);3H2,1-2H3;1-2H3/p+1/b;6-4+,8-7-,9-5+;;. The Hall–Kier alpha value is -4.05. The Morgan fingerprint density at radius 2 is 1.84 bits per heavy atom. The number of hydrogen-bond donors (Lipinski definition) is 6. The summed E-state index contributed by atoms with van der Waals surface area (Å²) in [6.07, 6.45) is 12.2. The Morgan fingerprint density at radius 3 is 2.42 bits per heavy atom. The van der Waals surface area contributed by atoms with Crippen LogP contribution in [0.5, 0.6) is 5.75 Å². The van der Waals surface area contributed by atoms with Crippen LogP contribution in [0.1, 0.15) is 111 Å². The fourth-order valence-corrected chi connectivity index (χ4v) is 6.18. The minimum atomic E-state index is -0.816. The zero-order valence-corrected chi connectivity index (χ0v) is 32.7. The first-order chi connectivity index (χ1) is 23.8. The van der Waals surface area contributed by atoms with Crippen molar-refractivity contribution in [1.29, 1.82) is 0 Å². The lowest BCUT2D eigenvalue weighted by Gasteiger charge is -2.46. The summed E-state index contributed by atoms with van der Waals surface area (Å²) in [6.45, 7) is 26.2. The molecule has 0 bridgehead atoms. The average molecular weight is 696 g/mol. The molecule has 2 saturated heterocycles. The molecule has 280 valence electrons. The van der Waals surface area contributed by atoms with Gasteiger partial charge in [-0.3, -0.25) is 20.3 Å². The van der Waals surface area contributed by atoms with Gasteiger partial charge in [-0.2, -0.15) is 0 Å². The number of likely N-dealkylation sites (N-methyl/N-ethyl adjacent to an activating group) is 1. The molecule has 7 N–H and O–H groups in total. The van der Waals surface area contributed by atoms with Crippen LogP contribution in [0.25, 0.3) is 0 Å². The van der Waals surface area contributed by atoms with Crippen LogP contribution in [-0.2, 0) is 10.2 Å². The molecule has 2 fully saturated rings. The number of carbonyl (C=O) groups excluding carboxylic acids is 2. The lowest BCUT2D eigenvalue weighted by atomic mass is 9.79. The molecule has 3 heterocycles. The molecule has 4 atom stereocenters. The van der Waals surface area contributed by atoms with Crippen molar-refractivity contribution in [2.75, 3.05) is 26.7 Å². The number of benzene rings is 1. The summed E-state index contributed by atoms with van der Waals surface area (Å²) in [5.74, 6) is 1.79. The molecule has 0 radical (unpaired) electrons. The van der Waals surface area contributed by atoms with E-state index in [1.807, 2.05) is 69.9 Å². The highest BCUT2D eigenvalue weighted by molar-refractivity contribution is 5.98. The number of nitrogens with one attached hydrogen (secondary N) is 4. The Morgan fingerprint density at radius 1 is 1.18 bits per heavy atom. The van der Waals surface area contributed by atoms with Crippen LogP contribution in [0, 0.1) is 0 Å². The lowest BCUT2D eigenvalue weighted by molar-refractivity contribution is -0.525. The van der Waals surface area contributed by atoms with E-state index in [1.54, 1.807) is 25.3 Å². The van der Waals surface area contributed by atoms with Crippen LogP contribution in [0.15, 0.2) is 66.6 Å². The van der Waals surface area contributed by atoms with E-state index in [0.29, 0.717) is 42.4 Å². The van der Waals surface area contributed by atoms with Crippen LogP contribution >= 0.6 is 0 Å². The van der Waals surface area contributed by atoms with Crippen molar-refractivity contribution >= 4 is 17.6 Å². The smallest absolute Gasteiger partial charge is 0.255 e. The number of allylic oxidation sites excluding steroid dienone is 4. The highest BCUT2D eigenvalue weighted by Crippen LogP contribution is 2.41. The lowest BCUT2D eigenvalue weighted by Crippen LogP contribution is -2.92. The van der Waals surface area contributed by atoms with Gasteiger partial charge < -0.3 is 30.7 Å². The van der Waals surface area contributed by atoms with Gasteiger partial charge in [-0.05, 0) is 51.2 Å². The largest absolute Gasteiger partial charge is 0.492 e. The predicted molar refractivity (Wildman–Crippen MR) is 207 cm³/mol. The number of nitrogens with zero attached hydrogens (tertiary/aromatic N) is 1. The van der Waals surface area contributed by atoms with Crippen molar-refractivity contribution in [2.45, 2.75) is 124 Å². The third kappa shape index (κ3) is 11.0. The van der Waals surface area contributed by atoms with Crippen molar-refractivity contribution in [3.8, 4) is 5.75 Å². The summed E-state index contributed by atoms with van der Waals surface area (Å²) in [5, 5.41) is 20.4. The zero-order chi connectivity index (χ0) is 38.1. The van der Waals surface area contributed by atoms with E-state index in [9.17, 15) is 14.7 Å². The number of amides is 2. The van der Waals surface area contributed by atoms with Crippen LogP contribution < -0.4 is 31.4 Å². The summed E-state index contributed by atoms with van der Waals surface area (Å²) in [5.41, 5.74) is 7.69. The van der Waals surface area contributed by atoms with Crippen LogP contribution in [0.4, 0.5) is 0 Å². The average Bonchev–Trinajstić information content (AvgIpc) is 3.36. The van der Waals surface area contributed by atoms with Gasteiger partial charge in [0.05, 0.1) is 30.6 Å². The van der Waals surface area contributed by atoms with E-state index < -0.39 is 17.7 Å². The number of aliphatic hydroxyl groups is 1. The van der Waals surface area contributed by atoms with Gasteiger partial charge >= 0.3 is 0 Å². The fraction of sp³-hybridized carbons (Fsp3) is 0.575. The molecular formula is C40H67N6O4+. The first-order valence-corrected chi connectivity index (χ1v) is 18.3. The SMILES string of the molecule is C/C=C/C=C\C(=C/C)C(=O)NC.C=C1NCC([NH+]=C(N)CCC)C2(C)C(O)C(NC(=O)c3cccc4c3OCCC4(C)C)CN12.CC.CCC. The van der Waals surface area contributed by atoms with Crippen molar-refractivity contribution < 1.29 is 24.4 Å². The molecule has 4 unspecified atom stereocenters. The van der Waals surface area contributed by atoms with Gasteiger partial charge in [0.2, 0.25) is 5.84 Å². The minimum Gasteiger partial charge on any atom is -0.492 e. The number of nitrogens with two attached hydrogens (primary N) is 1. The zero-order valence-electron chi connectivity index (χ0n) is 32.7. The molecule has 2 amide bonds. The fourth-order valence-electron chi connectivity index (χ4n) is 6.18. The van der Waals surface area contributed by atoms with Gasteiger partial charge in [0.1, 0.15) is 23.4 Å². The number of aliphatic hydroxyl groups excluding tert-OH is 1. The van der Waals surface area contributed by atoms with Gasteiger partial charge in [0.15, 0.2) is 0 Å². The maximum absolute atomic E-state index is 13.4. The number of amidine groups is 1. The Kier molecular flexibility index (Phi) is 18.7. The topological polar surface area (TPSA) is 143 Å². The molecule has 10 nitrogen and oxygen atoms in total. The van der Waals surface area contributed by atoms with Crippen LogP contribution in [0.3, 0.4) is 0 Å². The van der Waals surface area contributed by atoms with E-state index in [4.69, 9.17) is 10.5 Å². The van der Waals surface area contributed by atoms with E-state index >= 15 is 0 Å². The van der Waals surface area contributed by atoms with Crippen molar-refractivity contribution in [3.05, 3.63) is 77.7 Å². The summed E-state index contributed by atoms with van der Waals surface area (Å²) in [7, 11) is 1.62. The van der Waals surface area contributed by atoms with Gasteiger partial charge in [-0.25, -0.2) is 0 Å². The normalized spacial score (nSPS) is 23.8. The number of rotatable bonds is 8. The third-order valence-electron chi connectivity index (χ3n) is 9.02. The summed E-state index contributed by atoms with van der Waals surface area (Å²) in [6, 6.07) is 5.11. The molecule has 4 rings (SSSR count). The molecule has 0 aromatic heterocycles. The second kappa shape index (κ2) is 21.2. The maximum Gasteiger partial charge on any atom is 0.255 e. The molecule has 10 heteroatoms. The molecule has 1 aromatic rings. The molecule has 1 aromatic carbocycles. The van der Waals surface area contributed by atoms with Gasteiger partial charge in [0, 0.05) is 31.1 Å². The predicted octanol–water partition coefficient (Wildman–Crippen LogP) is 4.21. The monoisotopic (exact) mass is 696 g/mol. The summed E-state index contributed by atoms with van der Waals surface area (Å²) >= 11 is 0. The molecular weight excluding hydrogens is 628 g/mol. The molecule has 3 aliphatic rings. The number of fused-ring (bicyclic) bond motifs is 2. The van der Waals surface area contributed by atoms with Gasteiger partial charge in [0.25, 0.3) is 11.8 Å². The Labute approximate surface area is 302 Å². The molecule has 0 aliphatic carbocycles. The van der Waals surface area contributed by atoms with Crippen LogP contribution in [0.2, 0.25) is 0 Å². The van der Waals surface area contributed by atoms with Gasteiger partial charge in [-0.1, -0.05) is 97.9 Å². The first kappa shape index (κ1) is 44.0. The Bertz CT molecular complexity index is 1380. The molecule has 0 saturated carbocycles. The quantitative estimate of drug-likeness (QED) is 0.104. The third-order valence-corrected chi connectivity index (χ3v) is 9.02. The number of hydrogen-bond acceptors (Lipinski definition) is 6. The number of ether oxygens (including phenoxy) is 1. The number of para-hydroxylation sites is 1. The maximum atomic E-state index is 13.4. The van der Waals surface area contributed by atoms with Gasteiger partial charge in [-0.15, -0.1) is 0 Å². The van der Waals surface area contributed by atoms with E-state index in [2.05, 4.69) is 62.1 Å². The van der Waals surface area contributed by atoms with Crippen LogP contribution in [-0.4, -0.2) is 78.1 Å². The van der Waals surface area contributed by atoms with Crippen molar-refractivity contribution in [1.82, 2.24) is 20.9 Å². The summed E-state index contributed by atoms with van der Waals surface area (Å²) in [4.78, 5) is 29.9. The first-order valence-electron chi connectivity index (χ1n) is 18.3. The second-order valence-electron chi connectivity index (χ2n) is 13.2. The number of carbonyl (C=O) groups is 2. The van der Waals surface area contributed by atoms with Crippen molar-refractivity contribution in [2.24, 2.45) is 5.73 Å². The minimum absolute atomic E-state index is 0.0535. The molecule has 3 aliphatic heterocycles. The molecule has 50 heavy (non-hydrogen) atoms. The highest BCUT2D eigenvalue weighted by Gasteiger charge is 2.58. The van der Waals surface area contributed by atoms with Crippen molar-refractivity contribution in [3.63, 3.8) is 0 Å². The molecule has 0 spiro atoms. The highest BCUT2D eigenvalue weighted by atomic mass is 16.5. The van der Waals surface area contributed by atoms with E-state index in [-0.39, 0.29) is 23.3 Å².